The SMILES string of the molecule is Cc1cc(C)c(N(c2ccccc2C#N)[C@@H]2CCNCC2(C)C)cc1C(=O)N1CCN(c2ccccc2S(N)(=O)=O)CC1. The first-order valence-electron chi connectivity index (χ1n) is 14.7. The van der Waals surface area contributed by atoms with Crippen LogP contribution in [0.2, 0.25) is 0 Å². The van der Waals surface area contributed by atoms with Crippen LogP contribution in [0, 0.1) is 30.6 Å². The highest BCUT2D eigenvalue weighted by Gasteiger charge is 2.39. The number of amides is 1. The van der Waals surface area contributed by atoms with E-state index in [1.165, 1.54) is 6.07 Å². The van der Waals surface area contributed by atoms with Gasteiger partial charge < -0.3 is 20.0 Å². The molecule has 2 saturated heterocycles. The summed E-state index contributed by atoms with van der Waals surface area (Å²) in [6, 6.07) is 21.0. The number of nitriles is 1. The van der Waals surface area contributed by atoms with Crippen LogP contribution in [0.15, 0.2) is 65.6 Å². The first-order chi connectivity index (χ1) is 20.4. The van der Waals surface area contributed by atoms with Gasteiger partial charge in [-0.25, -0.2) is 13.6 Å². The fraction of sp³-hybridized carbons (Fsp3) is 0.394. The molecule has 2 fully saturated rings. The van der Waals surface area contributed by atoms with Gasteiger partial charge in [-0.15, -0.1) is 0 Å². The third-order valence-corrected chi connectivity index (χ3v) is 9.74. The number of aryl methyl sites for hydroxylation is 2. The van der Waals surface area contributed by atoms with Crippen LogP contribution < -0.4 is 20.3 Å². The molecule has 0 spiro atoms. The minimum Gasteiger partial charge on any atom is -0.367 e. The molecule has 0 unspecified atom stereocenters. The fourth-order valence-corrected chi connectivity index (χ4v) is 7.25. The molecule has 226 valence electrons. The Morgan fingerprint density at radius 1 is 1.00 bits per heavy atom. The lowest BCUT2D eigenvalue weighted by molar-refractivity contribution is 0.0746. The highest BCUT2D eigenvalue weighted by Crippen LogP contribution is 2.42. The number of hydrogen-bond donors (Lipinski definition) is 2. The average molecular weight is 601 g/mol. The van der Waals surface area contributed by atoms with Crippen molar-refractivity contribution in [3.05, 3.63) is 82.9 Å². The fourth-order valence-electron chi connectivity index (χ4n) is 6.49. The van der Waals surface area contributed by atoms with Gasteiger partial charge in [0, 0.05) is 50.0 Å². The number of rotatable bonds is 6. The van der Waals surface area contributed by atoms with E-state index in [4.69, 9.17) is 5.14 Å². The summed E-state index contributed by atoms with van der Waals surface area (Å²) >= 11 is 0. The Kier molecular flexibility index (Phi) is 8.52. The van der Waals surface area contributed by atoms with Gasteiger partial charge in [0.15, 0.2) is 0 Å². The monoisotopic (exact) mass is 600 g/mol. The number of sulfonamides is 1. The van der Waals surface area contributed by atoms with Crippen LogP contribution >= 0.6 is 0 Å². The molecule has 0 aromatic heterocycles. The number of carbonyl (C=O) groups is 1. The molecule has 2 heterocycles. The molecule has 1 atom stereocenters. The number of primary sulfonamides is 1. The van der Waals surface area contributed by atoms with Crippen molar-refractivity contribution in [2.24, 2.45) is 10.6 Å². The average Bonchev–Trinajstić information content (AvgIpc) is 2.98. The van der Waals surface area contributed by atoms with Gasteiger partial charge in [0.25, 0.3) is 5.91 Å². The molecule has 0 saturated carbocycles. The molecule has 43 heavy (non-hydrogen) atoms. The molecule has 9 nitrogen and oxygen atoms in total. The van der Waals surface area contributed by atoms with Crippen molar-refractivity contribution in [3.8, 4) is 6.07 Å². The van der Waals surface area contributed by atoms with Crippen molar-refractivity contribution in [3.63, 3.8) is 0 Å². The smallest absolute Gasteiger partial charge is 0.254 e. The number of benzene rings is 3. The van der Waals surface area contributed by atoms with Crippen molar-refractivity contribution >= 4 is 33.0 Å². The Balaban J connectivity index is 1.48. The molecule has 2 aliphatic rings. The molecular formula is C33H40N6O3S. The molecule has 1 amide bonds. The molecule has 3 aromatic rings. The van der Waals surface area contributed by atoms with E-state index in [1.807, 2.05) is 47.1 Å². The Labute approximate surface area is 254 Å². The van der Waals surface area contributed by atoms with Crippen LogP contribution in [0.3, 0.4) is 0 Å². The van der Waals surface area contributed by atoms with Gasteiger partial charge in [0.05, 0.1) is 16.9 Å². The lowest BCUT2D eigenvalue weighted by Gasteiger charge is -2.47. The quantitative estimate of drug-likeness (QED) is 0.432. The molecule has 2 aliphatic heterocycles. The second kappa shape index (κ2) is 12.0. The van der Waals surface area contributed by atoms with E-state index in [-0.39, 0.29) is 22.3 Å². The summed E-state index contributed by atoms with van der Waals surface area (Å²) in [5.74, 6) is -0.0591. The lowest BCUT2D eigenvalue weighted by Crippen LogP contribution is -2.53. The molecule has 5 rings (SSSR count). The predicted octanol–water partition coefficient (Wildman–Crippen LogP) is 4.31. The van der Waals surface area contributed by atoms with Gasteiger partial charge in [0.2, 0.25) is 10.0 Å². The zero-order valence-electron chi connectivity index (χ0n) is 25.3. The lowest BCUT2D eigenvalue weighted by atomic mass is 9.78. The highest BCUT2D eigenvalue weighted by atomic mass is 32.2. The van der Waals surface area contributed by atoms with Crippen LogP contribution in [0.1, 0.15) is 47.3 Å². The molecule has 3 N–H and O–H groups in total. The van der Waals surface area contributed by atoms with Crippen LogP contribution in [-0.2, 0) is 10.0 Å². The summed E-state index contributed by atoms with van der Waals surface area (Å²) < 4.78 is 24.3. The van der Waals surface area contributed by atoms with Gasteiger partial charge in [-0.2, -0.15) is 5.26 Å². The number of para-hydroxylation sites is 2. The summed E-state index contributed by atoms with van der Waals surface area (Å²) in [5.41, 5.74) is 5.40. The molecule has 3 aromatic carbocycles. The Morgan fingerprint density at radius 2 is 1.67 bits per heavy atom. The van der Waals surface area contributed by atoms with E-state index >= 15 is 0 Å². The highest BCUT2D eigenvalue weighted by molar-refractivity contribution is 7.89. The maximum atomic E-state index is 14.0. The van der Waals surface area contributed by atoms with Crippen LogP contribution in [-0.4, -0.2) is 64.5 Å². The number of piperazine rings is 1. The van der Waals surface area contributed by atoms with E-state index in [0.29, 0.717) is 43.0 Å². The zero-order chi connectivity index (χ0) is 30.9. The maximum absolute atomic E-state index is 14.0. The normalized spacial score (nSPS) is 18.7. The minimum absolute atomic E-state index is 0.0591. The van der Waals surface area contributed by atoms with E-state index in [0.717, 1.165) is 42.0 Å². The van der Waals surface area contributed by atoms with Crippen LogP contribution in [0.25, 0.3) is 0 Å². The second-order valence-electron chi connectivity index (χ2n) is 12.2. The zero-order valence-corrected chi connectivity index (χ0v) is 26.1. The third-order valence-electron chi connectivity index (χ3n) is 8.79. The number of nitrogens with two attached hydrogens (primary N) is 1. The molecule has 10 heteroatoms. The van der Waals surface area contributed by atoms with Crippen molar-refractivity contribution in [2.75, 3.05) is 49.1 Å². The standard InChI is InChI=1S/C33H40N6O3S/c1-23-19-24(2)29(39(27-10-6-5-9-25(27)21-34)31-13-14-36-22-33(31,3)4)20-26(23)32(40)38-17-15-37(16-18-38)28-11-7-8-12-30(28)43(35,41)42/h5-12,19-20,31,36H,13-18,22H2,1-4H3,(H2,35,41,42)/t31-/m1/s1. The van der Waals surface area contributed by atoms with Crippen LogP contribution in [0.4, 0.5) is 17.1 Å². The summed E-state index contributed by atoms with van der Waals surface area (Å²) in [4.78, 5) is 20.2. The van der Waals surface area contributed by atoms with E-state index in [1.54, 1.807) is 18.2 Å². The number of carbonyl (C=O) groups excluding carboxylic acids is 1. The number of hydrogen-bond acceptors (Lipinski definition) is 7. The minimum atomic E-state index is -3.88. The van der Waals surface area contributed by atoms with Gasteiger partial charge in [-0.1, -0.05) is 44.2 Å². The Bertz CT molecular complexity index is 1670. The topological polar surface area (TPSA) is 123 Å². The Morgan fingerprint density at radius 3 is 2.35 bits per heavy atom. The third kappa shape index (κ3) is 6.11. The van der Waals surface area contributed by atoms with Crippen molar-refractivity contribution in [1.29, 1.82) is 5.26 Å². The maximum Gasteiger partial charge on any atom is 0.254 e. The van der Waals surface area contributed by atoms with Gasteiger partial charge in [-0.05, 0) is 73.7 Å². The number of piperidine rings is 1. The number of anilines is 3. The Hall–Kier alpha value is -3.91. The summed E-state index contributed by atoms with van der Waals surface area (Å²) in [6.45, 7) is 12.1. The number of nitrogens with zero attached hydrogens (tertiary/aromatic N) is 4. The summed E-state index contributed by atoms with van der Waals surface area (Å²) in [5, 5.41) is 19.0. The summed E-state index contributed by atoms with van der Waals surface area (Å²) in [7, 11) is -3.88. The first-order valence-corrected chi connectivity index (χ1v) is 16.2. The van der Waals surface area contributed by atoms with Crippen molar-refractivity contribution < 1.29 is 13.2 Å². The van der Waals surface area contributed by atoms with Crippen LogP contribution in [0.5, 0.6) is 0 Å². The van der Waals surface area contributed by atoms with E-state index in [2.05, 4.69) is 43.1 Å². The molecule has 0 radical (unpaired) electrons. The first kappa shape index (κ1) is 30.5. The van der Waals surface area contributed by atoms with Gasteiger partial charge in [-0.3, -0.25) is 4.79 Å². The molecular weight excluding hydrogens is 560 g/mol. The second-order valence-corrected chi connectivity index (χ2v) is 13.7. The summed E-state index contributed by atoms with van der Waals surface area (Å²) in [6.07, 6.45) is 0.894. The van der Waals surface area contributed by atoms with Gasteiger partial charge in [0.1, 0.15) is 11.0 Å². The number of nitrogens with one attached hydrogen (secondary N) is 1. The van der Waals surface area contributed by atoms with E-state index in [9.17, 15) is 18.5 Å². The van der Waals surface area contributed by atoms with Gasteiger partial charge >= 0.3 is 0 Å². The molecule has 0 bridgehead atoms. The van der Waals surface area contributed by atoms with Crippen molar-refractivity contribution in [1.82, 2.24) is 10.2 Å². The van der Waals surface area contributed by atoms with E-state index < -0.39 is 10.0 Å². The largest absolute Gasteiger partial charge is 0.367 e. The predicted molar refractivity (Wildman–Crippen MR) is 170 cm³/mol. The van der Waals surface area contributed by atoms with Crippen molar-refractivity contribution in [2.45, 2.75) is 45.1 Å². The molecule has 0 aliphatic carbocycles.